The normalized spacial score (nSPS) is 25.1. The number of likely N-dealkylation sites (tertiary alicyclic amines) is 1. The fourth-order valence-electron chi connectivity index (χ4n) is 3.80. The third kappa shape index (κ3) is 2.24. The zero-order valence-corrected chi connectivity index (χ0v) is 12.3. The molecular weight excluding hydrogens is 248 g/mol. The second-order valence-electron chi connectivity index (χ2n) is 6.38. The number of benzene rings is 1. The van der Waals surface area contributed by atoms with Crippen molar-refractivity contribution >= 4 is 5.91 Å². The lowest BCUT2D eigenvalue weighted by Gasteiger charge is -2.33. The van der Waals surface area contributed by atoms with E-state index in [1.807, 2.05) is 4.90 Å². The Morgan fingerprint density at radius 1 is 1.25 bits per heavy atom. The lowest BCUT2D eigenvalue weighted by Crippen LogP contribution is -2.53. The third-order valence-electron chi connectivity index (χ3n) is 4.98. The summed E-state index contributed by atoms with van der Waals surface area (Å²) in [5.41, 5.74) is 8.34. The Balaban J connectivity index is 1.86. The van der Waals surface area contributed by atoms with Crippen LogP contribution in [0.25, 0.3) is 0 Å². The van der Waals surface area contributed by atoms with Crippen molar-refractivity contribution in [2.45, 2.75) is 57.0 Å². The van der Waals surface area contributed by atoms with Crippen LogP contribution in [0.3, 0.4) is 0 Å². The van der Waals surface area contributed by atoms with Crippen molar-refractivity contribution in [1.29, 1.82) is 0 Å². The van der Waals surface area contributed by atoms with Gasteiger partial charge in [0.15, 0.2) is 0 Å². The predicted octanol–water partition coefficient (Wildman–Crippen LogP) is 2.93. The molecule has 1 saturated heterocycles. The molecule has 1 amide bonds. The van der Waals surface area contributed by atoms with Gasteiger partial charge in [0.25, 0.3) is 0 Å². The Morgan fingerprint density at radius 3 is 2.65 bits per heavy atom. The van der Waals surface area contributed by atoms with Gasteiger partial charge in [0.05, 0.1) is 11.6 Å². The van der Waals surface area contributed by atoms with Crippen LogP contribution in [0.2, 0.25) is 0 Å². The number of aryl methyl sites for hydroxylation is 1. The minimum absolute atomic E-state index is 0.181. The lowest BCUT2D eigenvalue weighted by atomic mass is 9.94. The lowest BCUT2D eigenvalue weighted by molar-refractivity contribution is -0.137. The number of rotatable bonds is 2. The highest BCUT2D eigenvalue weighted by atomic mass is 16.2. The molecule has 1 aromatic rings. The molecule has 0 aromatic heterocycles. The number of amides is 1. The number of nitrogens with two attached hydrogens (primary N) is 1. The first-order valence-corrected chi connectivity index (χ1v) is 7.77. The summed E-state index contributed by atoms with van der Waals surface area (Å²) in [6.07, 6.45) is 6.02. The van der Waals surface area contributed by atoms with E-state index in [9.17, 15) is 4.79 Å². The van der Waals surface area contributed by atoms with Crippen LogP contribution in [0.4, 0.5) is 0 Å². The van der Waals surface area contributed by atoms with Gasteiger partial charge in [-0.1, -0.05) is 37.1 Å². The van der Waals surface area contributed by atoms with Gasteiger partial charge in [0.2, 0.25) is 5.91 Å². The van der Waals surface area contributed by atoms with E-state index in [0.29, 0.717) is 0 Å². The molecule has 2 fully saturated rings. The van der Waals surface area contributed by atoms with E-state index in [1.54, 1.807) is 0 Å². The zero-order valence-electron chi connectivity index (χ0n) is 12.3. The molecule has 1 aliphatic heterocycles. The minimum atomic E-state index is -0.592. The van der Waals surface area contributed by atoms with Crippen molar-refractivity contribution in [2.24, 2.45) is 5.73 Å². The fraction of sp³-hybridized carbons (Fsp3) is 0.588. The summed E-state index contributed by atoms with van der Waals surface area (Å²) in [7, 11) is 0. The molecule has 0 spiro atoms. The summed E-state index contributed by atoms with van der Waals surface area (Å²) in [6, 6.07) is 8.64. The molecule has 1 heterocycles. The highest BCUT2D eigenvalue weighted by molar-refractivity contribution is 5.87. The quantitative estimate of drug-likeness (QED) is 0.899. The van der Waals surface area contributed by atoms with Crippen LogP contribution in [-0.2, 0) is 4.79 Å². The maximum atomic E-state index is 12.9. The average Bonchev–Trinajstić information content (AvgIpc) is 3.08. The largest absolute Gasteiger partial charge is 0.334 e. The topological polar surface area (TPSA) is 46.3 Å². The van der Waals surface area contributed by atoms with Gasteiger partial charge in [-0.2, -0.15) is 0 Å². The van der Waals surface area contributed by atoms with Gasteiger partial charge in [0, 0.05) is 6.54 Å². The summed E-state index contributed by atoms with van der Waals surface area (Å²) < 4.78 is 0. The summed E-state index contributed by atoms with van der Waals surface area (Å²) in [5, 5.41) is 0. The SMILES string of the molecule is Cc1ccccc1C1CCCN1C(=O)C1(N)CCCC1. The van der Waals surface area contributed by atoms with Crippen molar-refractivity contribution in [2.75, 3.05) is 6.54 Å². The standard InChI is InChI=1S/C17H24N2O/c1-13-7-2-3-8-14(13)15-9-6-12-19(15)16(20)17(18)10-4-5-11-17/h2-3,7-8,15H,4-6,9-12,18H2,1H3. The van der Waals surface area contributed by atoms with E-state index in [1.165, 1.54) is 11.1 Å². The summed E-state index contributed by atoms with van der Waals surface area (Å²) in [4.78, 5) is 14.9. The van der Waals surface area contributed by atoms with E-state index in [-0.39, 0.29) is 11.9 Å². The first-order valence-electron chi connectivity index (χ1n) is 7.77. The summed E-state index contributed by atoms with van der Waals surface area (Å²) >= 11 is 0. The van der Waals surface area contributed by atoms with E-state index >= 15 is 0 Å². The number of hydrogen-bond donors (Lipinski definition) is 1. The Labute approximate surface area is 121 Å². The van der Waals surface area contributed by atoms with Gasteiger partial charge in [-0.05, 0) is 43.7 Å². The van der Waals surface area contributed by atoms with Crippen molar-refractivity contribution in [3.05, 3.63) is 35.4 Å². The number of carbonyl (C=O) groups is 1. The number of nitrogens with zero attached hydrogens (tertiary/aromatic N) is 1. The zero-order chi connectivity index (χ0) is 14.2. The van der Waals surface area contributed by atoms with Crippen LogP contribution >= 0.6 is 0 Å². The monoisotopic (exact) mass is 272 g/mol. The van der Waals surface area contributed by atoms with Gasteiger partial charge in [-0.25, -0.2) is 0 Å². The van der Waals surface area contributed by atoms with Crippen LogP contribution in [-0.4, -0.2) is 22.9 Å². The molecule has 1 aromatic carbocycles. The average molecular weight is 272 g/mol. The molecule has 20 heavy (non-hydrogen) atoms. The van der Waals surface area contributed by atoms with Crippen molar-refractivity contribution in [1.82, 2.24) is 4.90 Å². The summed E-state index contributed by atoms with van der Waals surface area (Å²) in [6.45, 7) is 2.99. The second-order valence-corrected chi connectivity index (χ2v) is 6.38. The van der Waals surface area contributed by atoms with E-state index in [4.69, 9.17) is 5.73 Å². The Morgan fingerprint density at radius 2 is 1.95 bits per heavy atom. The van der Waals surface area contributed by atoms with Crippen molar-refractivity contribution in [3.8, 4) is 0 Å². The van der Waals surface area contributed by atoms with Crippen LogP contribution in [0.15, 0.2) is 24.3 Å². The van der Waals surface area contributed by atoms with Crippen LogP contribution in [0.5, 0.6) is 0 Å². The molecule has 2 aliphatic rings. The predicted molar refractivity (Wildman–Crippen MR) is 80.3 cm³/mol. The highest BCUT2D eigenvalue weighted by Gasteiger charge is 2.43. The molecule has 3 rings (SSSR count). The smallest absolute Gasteiger partial charge is 0.243 e. The number of carbonyl (C=O) groups excluding carboxylic acids is 1. The Kier molecular flexibility index (Phi) is 3.55. The van der Waals surface area contributed by atoms with Gasteiger partial charge < -0.3 is 10.6 Å². The highest BCUT2D eigenvalue weighted by Crippen LogP contribution is 2.38. The number of hydrogen-bond acceptors (Lipinski definition) is 2. The molecule has 2 N–H and O–H groups in total. The molecule has 0 radical (unpaired) electrons. The Hall–Kier alpha value is -1.35. The molecule has 1 unspecified atom stereocenters. The maximum absolute atomic E-state index is 12.9. The first kappa shape index (κ1) is 13.6. The van der Waals surface area contributed by atoms with Crippen molar-refractivity contribution in [3.63, 3.8) is 0 Å². The molecule has 1 aliphatic carbocycles. The fourth-order valence-corrected chi connectivity index (χ4v) is 3.80. The van der Waals surface area contributed by atoms with Gasteiger partial charge >= 0.3 is 0 Å². The van der Waals surface area contributed by atoms with Crippen molar-refractivity contribution < 1.29 is 4.79 Å². The molecule has 108 valence electrons. The molecule has 3 heteroatoms. The van der Waals surface area contributed by atoms with E-state index in [0.717, 1.165) is 45.1 Å². The molecular formula is C17H24N2O. The van der Waals surface area contributed by atoms with Crippen LogP contribution in [0.1, 0.15) is 55.7 Å². The second kappa shape index (κ2) is 5.21. The Bertz CT molecular complexity index is 505. The third-order valence-corrected chi connectivity index (χ3v) is 4.98. The van der Waals surface area contributed by atoms with Gasteiger partial charge in [-0.15, -0.1) is 0 Å². The summed E-state index contributed by atoms with van der Waals surface area (Å²) in [5.74, 6) is 0.181. The molecule has 1 atom stereocenters. The van der Waals surface area contributed by atoms with Crippen LogP contribution in [0, 0.1) is 6.92 Å². The molecule has 1 saturated carbocycles. The molecule has 0 bridgehead atoms. The first-order chi connectivity index (χ1) is 9.62. The van der Waals surface area contributed by atoms with Gasteiger partial charge in [0.1, 0.15) is 0 Å². The van der Waals surface area contributed by atoms with Crippen LogP contribution < -0.4 is 5.73 Å². The maximum Gasteiger partial charge on any atom is 0.243 e. The van der Waals surface area contributed by atoms with Gasteiger partial charge in [-0.3, -0.25) is 4.79 Å². The van der Waals surface area contributed by atoms with E-state index < -0.39 is 5.54 Å². The molecule has 3 nitrogen and oxygen atoms in total. The van der Waals surface area contributed by atoms with E-state index in [2.05, 4.69) is 31.2 Å². The minimum Gasteiger partial charge on any atom is -0.334 e.